The van der Waals surface area contributed by atoms with Gasteiger partial charge >= 0.3 is 0 Å². The van der Waals surface area contributed by atoms with Gasteiger partial charge in [0.15, 0.2) is 0 Å². The summed E-state index contributed by atoms with van der Waals surface area (Å²) in [5, 5.41) is 7.25. The van der Waals surface area contributed by atoms with Crippen LogP contribution in [-0.2, 0) is 11.3 Å². The summed E-state index contributed by atoms with van der Waals surface area (Å²) in [7, 11) is 0. The molecule has 0 radical (unpaired) electrons. The van der Waals surface area contributed by atoms with Crippen LogP contribution in [0, 0.1) is 0 Å². The van der Waals surface area contributed by atoms with Gasteiger partial charge in [-0.2, -0.15) is 5.10 Å². The molecule has 1 saturated heterocycles. The monoisotopic (exact) mass is 383 g/mol. The molecule has 23 heavy (non-hydrogen) atoms. The van der Waals surface area contributed by atoms with E-state index in [1.165, 1.54) is 12.5 Å². The summed E-state index contributed by atoms with van der Waals surface area (Å²) in [6.45, 7) is 6.97. The van der Waals surface area contributed by atoms with E-state index in [0.717, 1.165) is 51.3 Å². The van der Waals surface area contributed by atoms with Crippen LogP contribution in [0.4, 0.5) is 5.82 Å². The van der Waals surface area contributed by atoms with E-state index in [1.807, 2.05) is 4.90 Å². The molecule has 1 fully saturated rings. The molecule has 0 bridgehead atoms. The standard InChI is InChI=1S/C8H13NO.C7H9BrN4O/c1-2-8(10)9-6-4-3-5-7-9;8-5-4(6(9)13)7-10-2-1-3-12(7)11-5/h2H,1,3-7H2;10H,1-3H2,(H2,9,13). The molecule has 2 amide bonds. The number of anilines is 1. The lowest BCUT2D eigenvalue weighted by Gasteiger charge is -2.25. The van der Waals surface area contributed by atoms with E-state index in [-0.39, 0.29) is 5.91 Å². The zero-order valence-corrected chi connectivity index (χ0v) is 14.6. The normalized spacial score (nSPS) is 16.5. The average Bonchev–Trinajstić information content (AvgIpc) is 2.91. The first-order chi connectivity index (χ1) is 11.0. The van der Waals surface area contributed by atoms with E-state index in [1.54, 1.807) is 4.68 Å². The Labute approximate surface area is 144 Å². The van der Waals surface area contributed by atoms with E-state index in [9.17, 15) is 9.59 Å². The highest BCUT2D eigenvalue weighted by molar-refractivity contribution is 9.10. The van der Waals surface area contributed by atoms with Crippen molar-refractivity contribution in [1.82, 2.24) is 14.7 Å². The third kappa shape index (κ3) is 4.34. The number of carbonyl (C=O) groups is 2. The number of hydrogen-bond donors (Lipinski definition) is 2. The maximum atomic E-state index is 11.1. The van der Waals surface area contributed by atoms with Gasteiger partial charge in [0.1, 0.15) is 16.0 Å². The molecule has 0 unspecified atom stereocenters. The predicted molar refractivity (Wildman–Crippen MR) is 92.2 cm³/mol. The van der Waals surface area contributed by atoms with Crippen molar-refractivity contribution in [2.45, 2.75) is 32.2 Å². The fraction of sp³-hybridized carbons (Fsp3) is 0.533. The average molecular weight is 384 g/mol. The van der Waals surface area contributed by atoms with Crippen LogP contribution < -0.4 is 11.1 Å². The van der Waals surface area contributed by atoms with Gasteiger partial charge in [-0.25, -0.2) is 4.68 Å². The number of amides is 2. The van der Waals surface area contributed by atoms with Gasteiger partial charge in [0, 0.05) is 26.2 Å². The second-order valence-electron chi connectivity index (χ2n) is 5.47. The molecule has 2 aliphatic heterocycles. The lowest BCUT2D eigenvalue weighted by atomic mass is 10.1. The van der Waals surface area contributed by atoms with Gasteiger partial charge in [-0.3, -0.25) is 9.59 Å². The number of hydrogen-bond acceptors (Lipinski definition) is 4. The van der Waals surface area contributed by atoms with Gasteiger partial charge in [-0.15, -0.1) is 0 Å². The summed E-state index contributed by atoms with van der Waals surface area (Å²) in [5.74, 6) is 0.354. The summed E-state index contributed by atoms with van der Waals surface area (Å²) in [6.07, 6.45) is 5.98. The number of carbonyl (C=O) groups excluding carboxylic acids is 2. The number of nitrogens with one attached hydrogen (secondary N) is 1. The van der Waals surface area contributed by atoms with Crippen molar-refractivity contribution in [2.75, 3.05) is 25.0 Å². The van der Waals surface area contributed by atoms with Crippen LogP contribution in [0.3, 0.4) is 0 Å². The van der Waals surface area contributed by atoms with Crippen molar-refractivity contribution < 1.29 is 9.59 Å². The Morgan fingerprint density at radius 3 is 2.52 bits per heavy atom. The summed E-state index contributed by atoms with van der Waals surface area (Å²) < 4.78 is 2.28. The lowest BCUT2D eigenvalue weighted by molar-refractivity contribution is -0.126. The smallest absolute Gasteiger partial charge is 0.255 e. The molecule has 126 valence electrons. The number of fused-ring (bicyclic) bond motifs is 1. The fourth-order valence-corrected chi connectivity index (χ4v) is 3.25. The highest BCUT2D eigenvalue weighted by Gasteiger charge is 2.22. The van der Waals surface area contributed by atoms with Crippen LogP contribution in [-0.4, -0.2) is 46.1 Å². The van der Waals surface area contributed by atoms with Gasteiger partial charge in [-0.1, -0.05) is 6.58 Å². The van der Waals surface area contributed by atoms with Crippen LogP contribution in [0.15, 0.2) is 17.3 Å². The summed E-state index contributed by atoms with van der Waals surface area (Å²) >= 11 is 3.21. The highest BCUT2D eigenvalue weighted by Crippen LogP contribution is 2.26. The molecule has 0 aromatic carbocycles. The van der Waals surface area contributed by atoms with Gasteiger partial charge in [0.25, 0.3) is 5.91 Å². The molecule has 3 N–H and O–H groups in total. The largest absolute Gasteiger partial charge is 0.370 e. The number of nitrogens with zero attached hydrogens (tertiary/aromatic N) is 3. The van der Waals surface area contributed by atoms with Crippen molar-refractivity contribution in [2.24, 2.45) is 5.73 Å². The maximum absolute atomic E-state index is 11.1. The van der Waals surface area contributed by atoms with Gasteiger partial charge < -0.3 is 16.0 Å². The molecule has 7 nitrogen and oxygen atoms in total. The number of rotatable bonds is 2. The van der Waals surface area contributed by atoms with Gasteiger partial charge in [-0.05, 0) is 47.7 Å². The van der Waals surface area contributed by atoms with E-state index < -0.39 is 5.91 Å². The van der Waals surface area contributed by atoms with Crippen LogP contribution in [0.1, 0.15) is 36.0 Å². The molecule has 0 spiro atoms. The third-order valence-corrected chi connectivity index (χ3v) is 4.39. The van der Waals surface area contributed by atoms with Crippen molar-refractivity contribution in [3.63, 3.8) is 0 Å². The van der Waals surface area contributed by atoms with Crippen LogP contribution in [0.25, 0.3) is 0 Å². The number of aromatic nitrogens is 2. The van der Waals surface area contributed by atoms with Crippen molar-refractivity contribution in [3.8, 4) is 0 Å². The van der Waals surface area contributed by atoms with E-state index >= 15 is 0 Å². The Kier molecular flexibility index (Phi) is 6.20. The van der Waals surface area contributed by atoms with Crippen molar-refractivity contribution in [3.05, 3.63) is 22.8 Å². The van der Waals surface area contributed by atoms with Crippen molar-refractivity contribution in [1.29, 1.82) is 0 Å². The highest BCUT2D eigenvalue weighted by atomic mass is 79.9. The number of likely N-dealkylation sites (tertiary alicyclic amines) is 1. The Balaban J connectivity index is 0.000000174. The zero-order valence-electron chi connectivity index (χ0n) is 13.1. The molecular weight excluding hydrogens is 362 g/mol. The molecule has 1 aromatic rings. The summed E-state index contributed by atoms with van der Waals surface area (Å²) in [5.41, 5.74) is 5.67. The minimum Gasteiger partial charge on any atom is -0.370 e. The topological polar surface area (TPSA) is 93.2 Å². The number of piperidine rings is 1. The number of halogens is 1. The number of primary amides is 1. The maximum Gasteiger partial charge on any atom is 0.255 e. The van der Waals surface area contributed by atoms with Crippen LogP contribution in [0.2, 0.25) is 0 Å². The van der Waals surface area contributed by atoms with E-state index in [2.05, 4.69) is 32.9 Å². The Bertz CT molecular complexity index is 593. The molecule has 8 heteroatoms. The molecule has 0 atom stereocenters. The van der Waals surface area contributed by atoms with Crippen LogP contribution >= 0.6 is 15.9 Å². The number of aryl methyl sites for hydroxylation is 1. The van der Waals surface area contributed by atoms with E-state index in [0.29, 0.717) is 10.2 Å². The second kappa shape index (κ2) is 8.14. The predicted octanol–water partition coefficient (Wildman–Crippen LogP) is 1.74. The minimum atomic E-state index is -0.456. The second-order valence-corrected chi connectivity index (χ2v) is 6.22. The zero-order chi connectivity index (χ0) is 16.8. The molecular formula is C15H22BrN5O2. The summed E-state index contributed by atoms with van der Waals surface area (Å²) in [6, 6.07) is 0. The molecule has 0 saturated carbocycles. The number of nitrogens with two attached hydrogens (primary N) is 1. The Morgan fingerprint density at radius 2 is 1.91 bits per heavy atom. The fourth-order valence-electron chi connectivity index (χ4n) is 2.67. The lowest BCUT2D eigenvalue weighted by Crippen LogP contribution is -2.34. The van der Waals surface area contributed by atoms with Crippen LogP contribution in [0.5, 0.6) is 0 Å². The first kappa shape index (κ1) is 17.5. The third-order valence-electron chi connectivity index (χ3n) is 3.84. The first-order valence-electron chi connectivity index (χ1n) is 7.76. The Morgan fingerprint density at radius 1 is 1.22 bits per heavy atom. The van der Waals surface area contributed by atoms with E-state index in [4.69, 9.17) is 5.73 Å². The van der Waals surface area contributed by atoms with Gasteiger partial charge in [0.2, 0.25) is 5.91 Å². The molecule has 3 rings (SSSR count). The summed E-state index contributed by atoms with van der Waals surface area (Å²) in [4.78, 5) is 23.9. The first-order valence-corrected chi connectivity index (χ1v) is 8.55. The molecule has 0 aliphatic carbocycles. The molecule has 3 heterocycles. The molecule has 1 aromatic heterocycles. The SMILES string of the molecule is C=CC(=O)N1CCCCC1.NC(=O)c1c(Br)nn2c1NCCC2. The van der Waals surface area contributed by atoms with Crippen molar-refractivity contribution >= 4 is 33.6 Å². The Hall–Kier alpha value is -1.83. The van der Waals surface area contributed by atoms with Gasteiger partial charge in [0.05, 0.1) is 0 Å². The molecule has 2 aliphatic rings. The minimum absolute atomic E-state index is 0.0831. The quantitative estimate of drug-likeness (QED) is 0.760.